The first kappa shape index (κ1) is 11.6. The third kappa shape index (κ3) is 2.27. The molecule has 0 heterocycles. The van der Waals surface area contributed by atoms with Gasteiger partial charge in [0.05, 0.1) is 0 Å². The Hall–Kier alpha value is -1.91. The summed E-state index contributed by atoms with van der Waals surface area (Å²) in [5.41, 5.74) is 5.90. The molecule has 4 nitrogen and oxygen atoms in total. The summed E-state index contributed by atoms with van der Waals surface area (Å²) < 4.78 is 0. The van der Waals surface area contributed by atoms with Gasteiger partial charge in [-0.05, 0) is 22.4 Å². The number of aliphatic hydroxyl groups excluding tert-OH is 1. The number of fused-ring (bicyclic) bond motifs is 1. The monoisotopic (exact) mass is 231 g/mol. The maximum absolute atomic E-state index is 10.7. The third-order valence-corrected chi connectivity index (χ3v) is 2.74. The average molecular weight is 231 g/mol. The molecule has 2 atom stereocenters. The van der Waals surface area contributed by atoms with Gasteiger partial charge in [0, 0.05) is 0 Å². The highest BCUT2D eigenvalue weighted by atomic mass is 16.4. The fourth-order valence-corrected chi connectivity index (χ4v) is 1.73. The van der Waals surface area contributed by atoms with Crippen LogP contribution in [0.1, 0.15) is 11.7 Å². The van der Waals surface area contributed by atoms with E-state index in [0.717, 1.165) is 10.8 Å². The Balaban J connectivity index is 2.39. The number of aliphatic hydroxyl groups is 1. The van der Waals surface area contributed by atoms with Crippen molar-refractivity contribution in [3.63, 3.8) is 0 Å². The van der Waals surface area contributed by atoms with Crippen LogP contribution in [-0.4, -0.2) is 22.2 Å². The quantitative estimate of drug-likeness (QED) is 0.743. The summed E-state index contributed by atoms with van der Waals surface area (Å²) in [5.74, 6) is -1.22. The second-order valence-corrected chi connectivity index (χ2v) is 3.92. The molecule has 0 aliphatic carbocycles. The zero-order valence-corrected chi connectivity index (χ0v) is 9.08. The van der Waals surface area contributed by atoms with Crippen molar-refractivity contribution in [3.8, 4) is 0 Å². The molecule has 0 saturated heterocycles. The number of carboxylic acid groups (broad SMARTS) is 1. The van der Waals surface area contributed by atoms with Crippen LogP contribution >= 0.6 is 0 Å². The normalized spacial score (nSPS) is 14.5. The standard InChI is InChI=1S/C13H13NO3/c14-11(13(16)17)12(15)10-6-5-8-3-1-2-4-9(8)7-10/h1-7,11-12,15H,14H2,(H,16,17)/t11-,12?/m0/s1. The highest BCUT2D eigenvalue weighted by Gasteiger charge is 2.23. The Labute approximate surface area is 98.3 Å². The zero-order chi connectivity index (χ0) is 12.4. The molecule has 1 unspecified atom stereocenters. The molecular formula is C13H13NO3. The molecule has 0 amide bonds. The molecule has 88 valence electrons. The van der Waals surface area contributed by atoms with Gasteiger partial charge in [-0.15, -0.1) is 0 Å². The predicted octanol–water partition coefficient (Wildman–Crippen LogP) is 1.29. The van der Waals surface area contributed by atoms with Crippen LogP contribution < -0.4 is 5.73 Å². The van der Waals surface area contributed by atoms with Crippen molar-refractivity contribution in [2.75, 3.05) is 0 Å². The van der Waals surface area contributed by atoms with Crippen LogP contribution in [0.3, 0.4) is 0 Å². The smallest absolute Gasteiger partial charge is 0.323 e. The fraction of sp³-hybridized carbons (Fsp3) is 0.154. The minimum atomic E-state index is -1.31. The summed E-state index contributed by atoms with van der Waals surface area (Å²) in [7, 11) is 0. The Morgan fingerprint density at radius 2 is 1.76 bits per heavy atom. The lowest BCUT2D eigenvalue weighted by molar-refractivity contribution is -0.141. The number of carboxylic acids is 1. The zero-order valence-electron chi connectivity index (χ0n) is 9.08. The van der Waals surface area contributed by atoms with Crippen molar-refractivity contribution in [1.82, 2.24) is 0 Å². The van der Waals surface area contributed by atoms with E-state index in [2.05, 4.69) is 0 Å². The molecule has 0 aliphatic heterocycles. The minimum Gasteiger partial charge on any atom is -0.480 e. The molecule has 0 bridgehead atoms. The van der Waals surface area contributed by atoms with Gasteiger partial charge < -0.3 is 15.9 Å². The van der Waals surface area contributed by atoms with Gasteiger partial charge in [0.2, 0.25) is 0 Å². The van der Waals surface area contributed by atoms with Crippen molar-refractivity contribution in [2.24, 2.45) is 5.73 Å². The molecule has 2 aromatic rings. The molecule has 4 N–H and O–H groups in total. The van der Waals surface area contributed by atoms with Crippen LogP contribution in [0.15, 0.2) is 42.5 Å². The summed E-state index contributed by atoms with van der Waals surface area (Å²) in [4.78, 5) is 10.7. The van der Waals surface area contributed by atoms with Crippen LogP contribution in [0.25, 0.3) is 10.8 Å². The van der Waals surface area contributed by atoms with Crippen LogP contribution in [0.2, 0.25) is 0 Å². The van der Waals surface area contributed by atoms with Gasteiger partial charge in [-0.1, -0.05) is 36.4 Å². The van der Waals surface area contributed by atoms with Crippen LogP contribution in [0, 0.1) is 0 Å². The summed E-state index contributed by atoms with van der Waals surface area (Å²) in [5, 5.41) is 20.5. The molecule has 2 rings (SSSR count). The van der Waals surface area contributed by atoms with Crippen molar-refractivity contribution < 1.29 is 15.0 Å². The maximum atomic E-state index is 10.7. The van der Waals surface area contributed by atoms with Crippen LogP contribution in [0.5, 0.6) is 0 Å². The topological polar surface area (TPSA) is 83.6 Å². The van der Waals surface area contributed by atoms with E-state index in [1.165, 1.54) is 0 Å². The SMILES string of the molecule is N[C@H](C(=O)O)C(O)c1ccc2ccccc2c1. The van der Waals surface area contributed by atoms with E-state index < -0.39 is 18.1 Å². The average Bonchev–Trinajstić information content (AvgIpc) is 2.36. The summed E-state index contributed by atoms with van der Waals surface area (Å²) in [6.45, 7) is 0. The lowest BCUT2D eigenvalue weighted by atomic mass is 9.99. The minimum absolute atomic E-state index is 0.513. The first-order chi connectivity index (χ1) is 8.09. The van der Waals surface area contributed by atoms with Gasteiger partial charge in [-0.3, -0.25) is 4.79 Å². The Kier molecular flexibility index (Phi) is 3.08. The summed E-state index contributed by atoms with van der Waals surface area (Å²) in [6.07, 6.45) is -1.20. The lowest BCUT2D eigenvalue weighted by Crippen LogP contribution is -2.36. The van der Waals surface area contributed by atoms with Crippen molar-refractivity contribution in [1.29, 1.82) is 0 Å². The van der Waals surface area contributed by atoms with Gasteiger partial charge in [0.25, 0.3) is 0 Å². The molecule has 4 heteroatoms. The second-order valence-electron chi connectivity index (χ2n) is 3.92. The van der Waals surface area contributed by atoms with E-state index in [1.54, 1.807) is 12.1 Å². The Morgan fingerprint density at radius 1 is 1.12 bits per heavy atom. The van der Waals surface area contributed by atoms with Gasteiger partial charge in [-0.25, -0.2) is 0 Å². The molecule has 2 aromatic carbocycles. The van der Waals surface area contributed by atoms with E-state index in [1.807, 2.05) is 30.3 Å². The van der Waals surface area contributed by atoms with Gasteiger partial charge in [0.1, 0.15) is 12.1 Å². The molecule has 0 spiro atoms. The molecule has 17 heavy (non-hydrogen) atoms. The lowest BCUT2D eigenvalue weighted by Gasteiger charge is -2.15. The van der Waals surface area contributed by atoms with E-state index >= 15 is 0 Å². The van der Waals surface area contributed by atoms with Gasteiger partial charge >= 0.3 is 5.97 Å². The van der Waals surface area contributed by atoms with Crippen molar-refractivity contribution in [3.05, 3.63) is 48.0 Å². The van der Waals surface area contributed by atoms with Crippen molar-refractivity contribution >= 4 is 16.7 Å². The number of carbonyl (C=O) groups is 1. The Morgan fingerprint density at radius 3 is 2.41 bits per heavy atom. The number of nitrogens with two attached hydrogens (primary N) is 1. The van der Waals surface area contributed by atoms with Crippen LogP contribution in [0.4, 0.5) is 0 Å². The van der Waals surface area contributed by atoms with E-state index in [4.69, 9.17) is 10.8 Å². The Bertz CT molecular complexity index is 553. The molecule has 0 aliphatic rings. The second kappa shape index (κ2) is 4.53. The molecule has 0 saturated carbocycles. The number of hydrogen-bond acceptors (Lipinski definition) is 3. The van der Waals surface area contributed by atoms with E-state index in [-0.39, 0.29) is 0 Å². The third-order valence-electron chi connectivity index (χ3n) is 2.74. The molecule has 0 aromatic heterocycles. The number of hydrogen-bond donors (Lipinski definition) is 3. The fourth-order valence-electron chi connectivity index (χ4n) is 1.73. The van der Waals surface area contributed by atoms with Crippen molar-refractivity contribution in [2.45, 2.75) is 12.1 Å². The molecule has 0 radical (unpaired) electrons. The first-order valence-corrected chi connectivity index (χ1v) is 5.25. The van der Waals surface area contributed by atoms with Crippen LogP contribution in [-0.2, 0) is 4.79 Å². The molecular weight excluding hydrogens is 218 g/mol. The highest BCUT2D eigenvalue weighted by Crippen LogP contribution is 2.21. The molecule has 0 fully saturated rings. The predicted molar refractivity (Wildman–Crippen MR) is 64.5 cm³/mol. The summed E-state index contributed by atoms with van der Waals surface area (Å²) >= 11 is 0. The van der Waals surface area contributed by atoms with Gasteiger partial charge in [-0.2, -0.15) is 0 Å². The summed E-state index contributed by atoms with van der Waals surface area (Å²) in [6, 6.07) is 11.6. The highest BCUT2D eigenvalue weighted by molar-refractivity contribution is 5.83. The van der Waals surface area contributed by atoms with Gasteiger partial charge in [0.15, 0.2) is 0 Å². The van der Waals surface area contributed by atoms with E-state index in [9.17, 15) is 9.90 Å². The number of rotatable bonds is 3. The van der Waals surface area contributed by atoms with E-state index in [0.29, 0.717) is 5.56 Å². The number of aliphatic carboxylic acids is 1. The number of benzene rings is 2. The maximum Gasteiger partial charge on any atom is 0.323 e. The largest absolute Gasteiger partial charge is 0.480 e. The first-order valence-electron chi connectivity index (χ1n) is 5.25.